The molecule has 2 aliphatic rings. The van der Waals surface area contributed by atoms with Crippen LogP contribution in [0.2, 0.25) is 0 Å². The lowest BCUT2D eigenvalue weighted by molar-refractivity contribution is -0.120. The van der Waals surface area contributed by atoms with Gasteiger partial charge in [-0.25, -0.2) is 0 Å². The maximum Gasteiger partial charge on any atom is 0.233 e. The number of carbonyl (C=O) groups is 1. The van der Waals surface area contributed by atoms with Gasteiger partial charge in [-0.3, -0.25) is 4.79 Å². The van der Waals surface area contributed by atoms with Crippen molar-refractivity contribution < 1.29 is 4.79 Å². The maximum absolute atomic E-state index is 11.7. The summed E-state index contributed by atoms with van der Waals surface area (Å²) in [5, 5.41) is 6.44. The number of hydrogen-bond donors (Lipinski definition) is 2. The maximum atomic E-state index is 11.7. The summed E-state index contributed by atoms with van der Waals surface area (Å²) in [6.07, 6.45) is 0. The minimum absolute atomic E-state index is 0. The van der Waals surface area contributed by atoms with Gasteiger partial charge >= 0.3 is 0 Å². The second-order valence-corrected chi connectivity index (χ2v) is 6.16. The van der Waals surface area contributed by atoms with E-state index in [-0.39, 0.29) is 23.6 Å². The Morgan fingerprint density at radius 1 is 1.40 bits per heavy atom. The fourth-order valence-corrected chi connectivity index (χ4v) is 4.07. The van der Waals surface area contributed by atoms with Crippen LogP contribution in [0.3, 0.4) is 0 Å². The number of nitrogens with one attached hydrogen (secondary N) is 2. The highest BCUT2D eigenvalue weighted by Crippen LogP contribution is 2.23. The van der Waals surface area contributed by atoms with Gasteiger partial charge in [0.05, 0.1) is 5.25 Å². The summed E-state index contributed by atoms with van der Waals surface area (Å²) < 4.78 is 0. The highest BCUT2D eigenvalue weighted by molar-refractivity contribution is 8.07. The van der Waals surface area contributed by atoms with Crippen molar-refractivity contribution in [3.05, 3.63) is 0 Å². The van der Waals surface area contributed by atoms with E-state index in [0.29, 0.717) is 5.92 Å². The Kier molecular flexibility index (Phi) is 6.19. The third-order valence-electron chi connectivity index (χ3n) is 2.54. The van der Waals surface area contributed by atoms with E-state index < -0.39 is 0 Å². The summed E-state index contributed by atoms with van der Waals surface area (Å²) in [6, 6.07) is 0. The predicted molar refractivity (Wildman–Crippen MR) is 70.2 cm³/mol. The summed E-state index contributed by atoms with van der Waals surface area (Å²) in [5.74, 6) is 4.21. The van der Waals surface area contributed by atoms with Gasteiger partial charge in [0.25, 0.3) is 0 Å². The molecule has 2 aliphatic heterocycles. The zero-order valence-electron chi connectivity index (χ0n) is 8.53. The van der Waals surface area contributed by atoms with Gasteiger partial charge in [0.1, 0.15) is 0 Å². The molecule has 0 aromatic heterocycles. The number of rotatable bonds is 3. The molecule has 2 saturated heterocycles. The molecule has 88 valence electrons. The van der Waals surface area contributed by atoms with Crippen LogP contribution in [0.5, 0.6) is 0 Å². The molecule has 2 N–H and O–H groups in total. The van der Waals surface area contributed by atoms with Crippen molar-refractivity contribution in [3.63, 3.8) is 0 Å². The van der Waals surface area contributed by atoms with Gasteiger partial charge in [0, 0.05) is 42.8 Å². The molecule has 15 heavy (non-hydrogen) atoms. The van der Waals surface area contributed by atoms with Crippen LogP contribution in [0.4, 0.5) is 0 Å². The normalized spacial score (nSPS) is 26.3. The van der Waals surface area contributed by atoms with E-state index in [2.05, 4.69) is 10.6 Å². The highest BCUT2D eigenvalue weighted by Gasteiger charge is 2.23. The van der Waals surface area contributed by atoms with E-state index >= 15 is 0 Å². The Hall–Kier alpha value is 0.420. The first kappa shape index (κ1) is 13.5. The Balaban J connectivity index is 0.00000112. The molecule has 2 rings (SSSR count). The number of amides is 1. The standard InChI is InChI=1S/C9H16N2OS2.ClH/c12-9(8-6-13-1-2-14-8)11-5-7-3-10-4-7;/h7-8,10H,1-6H2,(H,11,12);1H. The highest BCUT2D eigenvalue weighted by atomic mass is 35.5. The summed E-state index contributed by atoms with van der Waals surface area (Å²) in [7, 11) is 0. The molecule has 1 amide bonds. The first-order valence-electron chi connectivity index (χ1n) is 5.04. The number of hydrogen-bond acceptors (Lipinski definition) is 4. The predicted octanol–water partition coefficient (Wildman–Crippen LogP) is 0.592. The molecule has 0 aromatic carbocycles. The molecule has 2 heterocycles. The van der Waals surface area contributed by atoms with Crippen molar-refractivity contribution >= 4 is 41.8 Å². The Morgan fingerprint density at radius 2 is 2.20 bits per heavy atom. The second-order valence-electron chi connectivity index (χ2n) is 3.70. The largest absolute Gasteiger partial charge is 0.355 e. The molecule has 1 atom stereocenters. The third-order valence-corrected chi connectivity index (χ3v) is 5.29. The van der Waals surface area contributed by atoms with Crippen LogP contribution in [0.1, 0.15) is 0 Å². The molecule has 0 saturated carbocycles. The van der Waals surface area contributed by atoms with E-state index in [0.717, 1.165) is 31.1 Å². The summed E-state index contributed by atoms with van der Waals surface area (Å²) in [5.41, 5.74) is 0. The minimum Gasteiger partial charge on any atom is -0.355 e. The third kappa shape index (κ3) is 4.06. The molecule has 0 bridgehead atoms. The van der Waals surface area contributed by atoms with Crippen LogP contribution in [-0.4, -0.2) is 48.0 Å². The van der Waals surface area contributed by atoms with Crippen LogP contribution in [0, 0.1) is 5.92 Å². The van der Waals surface area contributed by atoms with Gasteiger partial charge in [-0.15, -0.1) is 24.2 Å². The molecule has 0 radical (unpaired) electrons. The van der Waals surface area contributed by atoms with E-state index in [9.17, 15) is 4.79 Å². The van der Waals surface area contributed by atoms with Crippen LogP contribution >= 0.6 is 35.9 Å². The van der Waals surface area contributed by atoms with Crippen LogP contribution in [0.15, 0.2) is 0 Å². The van der Waals surface area contributed by atoms with Gasteiger partial charge < -0.3 is 10.6 Å². The first-order valence-corrected chi connectivity index (χ1v) is 7.24. The average Bonchev–Trinajstić information content (AvgIpc) is 2.16. The van der Waals surface area contributed by atoms with E-state index in [1.807, 2.05) is 11.8 Å². The monoisotopic (exact) mass is 268 g/mol. The molecular weight excluding hydrogens is 252 g/mol. The molecule has 3 nitrogen and oxygen atoms in total. The Morgan fingerprint density at radius 3 is 2.73 bits per heavy atom. The van der Waals surface area contributed by atoms with Crippen molar-refractivity contribution in [1.82, 2.24) is 10.6 Å². The first-order chi connectivity index (χ1) is 6.86. The fraction of sp³-hybridized carbons (Fsp3) is 0.889. The number of carbonyl (C=O) groups excluding carboxylic acids is 1. The smallest absolute Gasteiger partial charge is 0.233 e. The van der Waals surface area contributed by atoms with Gasteiger partial charge in [-0.05, 0) is 0 Å². The van der Waals surface area contributed by atoms with Crippen LogP contribution < -0.4 is 10.6 Å². The SMILES string of the molecule is Cl.O=C(NCC1CNC1)C1CSCCS1. The van der Waals surface area contributed by atoms with Gasteiger partial charge in [-0.1, -0.05) is 0 Å². The molecule has 2 fully saturated rings. The molecular formula is C9H17ClN2OS2. The van der Waals surface area contributed by atoms with Crippen molar-refractivity contribution in [3.8, 4) is 0 Å². The number of halogens is 1. The van der Waals surface area contributed by atoms with Gasteiger partial charge in [0.2, 0.25) is 5.91 Å². The topological polar surface area (TPSA) is 41.1 Å². The zero-order valence-corrected chi connectivity index (χ0v) is 11.0. The summed E-state index contributed by atoms with van der Waals surface area (Å²) >= 11 is 3.69. The average molecular weight is 269 g/mol. The van der Waals surface area contributed by atoms with E-state index in [1.54, 1.807) is 11.8 Å². The lowest BCUT2D eigenvalue weighted by Gasteiger charge is -2.28. The minimum atomic E-state index is 0. The van der Waals surface area contributed by atoms with Crippen molar-refractivity contribution in [2.24, 2.45) is 5.92 Å². The lowest BCUT2D eigenvalue weighted by atomic mass is 10.0. The summed E-state index contributed by atoms with van der Waals surface area (Å²) in [4.78, 5) is 11.7. The quantitative estimate of drug-likeness (QED) is 0.786. The zero-order chi connectivity index (χ0) is 9.80. The Labute approximate surface area is 105 Å². The van der Waals surface area contributed by atoms with E-state index in [1.165, 1.54) is 5.75 Å². The van der Waals surface area contributed by atoms with Crippen molar-refractivity contribution in [1.29, 1.82) is 0 Å². The van der Waals surface area contributed by atoms with E-state index in [4.69, 9.17) is 0 Å². The number of thioether (sulfide) groups is 2. The fourth-order valence-electron chi connectivity index (χ4n) is 1.49. The molecule has 6 heteroatoms. The molecule has 0 aromatic rings. The van der Waals surface area contributed by atoms with Crippen LogP contribution in [-0.2, 0) is 4.79 Å². The Bertz CT molecular complexity index is 208. The lowest BCUT2D eigenvalue weighted by Crippen LogP contribution is -2.49. The van der Waals surface area contributed by atoms with Crippen molar-refractivity contribution in [2.45, 2.75) is 5.25 Å². The second kappa shape index (κ2) is 6.89. The molecule has 0 aliphatic carbocycles. The van der Waals surface area contributed by atoms with Crippen LogP contribution in [0.25, 0.3) is 0 Å². The molecule has 0 spiro atoms. The summed E-state index contributed by atoms with van der Waals surface area (Å²) in [6.45, 7) is 2.98. The van der Waals surface area contributed by atoms with Gasteiger partial charge in [-0.2, -0.15) is 11.8 Å². The molecule has 1 unspecified atom stereocenters. The van der Waals surface area contributed by atoms with Gasteiger partial charge in [0.15, 0.2) is 0 Å². The van der Waals surface area contributed by atoms with Crippen molar-refractivity contribution in [2.75, 3.05) is 36.9 Å².